The summed E-state index contributed by atoms with van der Waals surface area (Å²) in [7, 11) is 1.48. The molecule has 2 N–H and O–H groups in total. The van der Waals surface area contributed by atoms with Crippen molar-refractivity contribution in [2.24, 2.45) is 0 Å². The van der Waals surface area contributed by atoms with Gasteiger partial charge in [0.15, 0.2) is 11.6 Å². The number of anilines is 1. The number of nitrogen functional groups attached to an aromatic ring is 1. The Morgan fingerprint density at radius 1 is 1.24 bits per heavy atom. The quantitative estimate of drug-likeness (QED) is 0.803. The van der Waals surface area contributed by atoms with Crippen LogP contribution in [0.3, 0.4) is 0 Å². The highest BCUT2D eigenvalue weighted by molar-refractivity contribution is 5.94. The van der Waals surface area contributed by atoms with Crippen LogP contribution in [0.1, 0.15) is 25.3 Å². The lowest BCUT2D eigenvalue weighted by Gasteiger charge is -2.15. The molecular formula is C14H16FNO. The maximum absolute atomic E-state index is 13.7. The molecule has 3 heteroatoms. The van der Waals surface area contributed by atoms with Crippen molar-refractivity contribution in [1.29, 1.82) is 0 Å². The second-order valence-corrected chi connectivity index (χ2v) is 4.44. The number of hydrogen-bond donors (Lipinski definition) is 1. The highest BCUT2D eigenvalue weighted by Gasteiger charge is 2.14. The van der Waals surface area contributed by atoms with Crippen molar-refractivity contribution in [3.63, 3.8) is 0 Å². The minimum Gasteiger partial charge on any atom is -0.493 e. The third kappa shape index (κ3) is 1.93. The average molecular weight is 233 g/mol. The highest BCUT2D eigenvalue weighted by Crippen LogP contribution is 2.36. The van der Waals surface area contributed by atoms with Crippen LogP contribution in [0.25, 0.3) is 10.8 Å². The summed E-state index contributed by atoms with van der Waals surface area (Å²) in [6, 6.07) is 6.86. The molecule has 17 heavy (non-hydrogen) atoms. The van der Waals surface area contributed by atoms with E-state index in [1.165, 1.54) is 13.2 Å². The molecule has 2 nitrogen and oxygen atoms in total. The summed E-state index contributed by atoms with van der Waals surface area (Å²) in [5.41, 5.74) is 7.56. The van der Waals surface area contributed by atoms with E-state index in [4.69, 9.17) is 10.5 Å². The fourth-order valence-electron chi connectivity index (χ4n) is 2.12. The third-order valence-corrected chi connectivity index (χ3v) is 2.90. The molecule has 0 unspecified atom stereocenters. The van der Waals surface area contributed by atoms with Crippen LogP contribution in [0, 0.1) is 5.82 Å². The fraction of sp³-hybridized carbons (Fsp3) is 0.286. The van der Waals surface area contributed by atoms with Gasteiger partial charge in [0.05, 0.1) is 7.11 Å². The van der Waals surface area contributed by atoms with E-state index in [-0.39, 0.29) is 11.7 Å². The van der Waals surface area contributed by atoms with Crippen molar-refractivity contribution < 1.29 is 9.13 Å². The zero-order chi connectivity index (χ0) is 12.6. The van der Waals surface area contributed by atoms with Gasteiger partial charge < -0.3 is 10.5 Å². The molecule has 0 saturated heterocycles. The minimum absolute atomic E-state index is 0.261. The van der Waals surface area contributed by atoms with Crippen molar-refractivity contribution in [1.82, 2.24) is 0 Å². The Morgan fingerprint density at radius 3 is 2.53 bits per heavy atom. The number of fused-ring (bicyclic) bond motifs is 1. The van der Waals surface area contributed by atoms with Crippen LogP contribution in [0.5, 0.6) is 5.75 Å². The van der Waals surface area contributed by atoms with Crippen molar-refractivity contribution in [2.45, 2.75) is 19.8 Å². The lowest BCUT2D eigenvalue weighted by Crippen LogP contribution is -1.98. The number of methoxy groups -OCH3 is 1. The topological polar surface area (TPSA) is 35.2 Å². The lowest BCUT2D eigenvalue weighted by atomic mass is 9.94. The first-order valence-electron chi connectivity index (χ1n) is 5.60. The maximum atomic E-state index is 13.7. The predicted octanol–water partition coefficient (Wildman–Crippen LogP) is 3.69. The average Bonchev–Trinajstić information content (AvgIpc) is 2.28. The SMILES string of the molecule is COc1c(F)ccc2cc(N)cc(C(C)C)c12. The van der Waals surface area contributed by atoms with Crippen LogP contribution in [-0.2, 0) is 0 Å². The molecular weight excluding hydrogens is 217 g/mol. The Bertz CT molecular complexity index is 564. The van der Waals surface area contributed by atoms with E-state index in [0.717, 1.165) is 16.3 Å². The summed E-state index contributed by atoms with van der Waals surface area (Å²) < 4.78 is 18.9. The summed E-state index contributed by atoms with van der Waals surface area (Å²) in [6.45, 7) is 4.11. The van der Waals surface area contributed by atoms with Crippen molar-refractivity contribution >= 4 is 16.5 Å². The molecule has 0 aliphatic heterocycles. The molecule has 0 aliphatic carbocycles. The van der Waals surface area contributed by atoms with Gasteiger partial charge in [-0.3, -0.25) is 0 Å². The smallest absolute Gasteiger partial charge is 0.165 e. The van der Waals surface area contributed by atoms with Gasteiger partial charge in [-0.15, -0.1) is 0 Å². The highest BCUT2D eigenvalue weighted by atomic mass is 19.1. The van der Waals surface area contributed by atoms with E-state index in [2.05, 4.69) is 13.8 Å². The molecule has 0 heterocycles. The molecule has 2 rings (SSSR count). The van der Waals surface area contributed by atoms with Gasteiger partial charge in [-0.2, -0.15) is 0 Å². The van der Waals surface area contributed by atoms with Gasteiger partial charge in [0.1, 0.15) is 0 Å². The number of rotatable bonds is 2. The van der Waals surface area contributed by atoms with E-state index in [1.54, 1.807) is 6.07 Å². The van der Waals surface area contributed by atoms with E-state index >= 15 is 0 Å². The number of halogens is 1. The first-order valence-corrected chi connectivity index (χ1v) is 5.60. The number of hydrogen-bond acceptors (Lipinski definition) is 2. The zero-order valence-corrected chi connectivity index (χ0v) is 10.3. The Balaban J connectivity index is 2.91. The monoisotopic (exact) mass is 233 g/mol. The Labute approximate surface area is 100 Å². The van der Waals surface area contributed by atoms with Crippen LogP contribution in [0.15, 0.2) is 24.3 Å². The first kappa shape index (κ1) is 11.7. The summed E-state index contributed by atoms with van der Waals surface area (Å²) in [4.78, 5) is 0. The number of ether oxygens (including phenoxy) is 1. The maximum Gasteiger partial charge on any atom is 0.165 e. The van der Waals surface area contributed by atoms with Crippen LogP contribution in [-0.4, -0.2) is 7.11 Å². The second kappa shape index (κ2) is 4.24. The molecule has 2 aromatic rings. The zero-order valence-electron chi connectivity index (χ0n) is 10.3. The molecule has 90 valence electrons. The standard InChI is InChI=1S/C14H16FNO/c1-8(2)11-7-10(16)6-9-4-5-12(15)14(17-3)13(9)11/h4-8H,16H2,1-3H3. The Hall–Kier alpha value is -1.77. The summed E-state index contributed by atoms with van der Waals surface area (Å²) in [5, 5.41) is 1.73. The van der Waals surface area contributed by atoms with Gasteiger partial charge in [0.2, 0.25) is 0 Å². The van der Waals surface area contributed by atoms with Gasteiger partial charge in [0.25, 0.3) is 0 Å². The molecule has 0 spiro atoms. The molecule has 0 fully saturated rings. The van der Waals surface area contributed by atoms with Gasteiger partial charge in [-0.1, -0.05) is 19.9 Å². The van der Waals surface area contributed by atoms with Gasteiger partial charge in [-0.25, -0.2) is 4.39 Å². The molecule has 0 amide bonds. The molecule has 0 bridgehead atoms. The van der Waals surface area contributed by atoms with Crippen molar-refractivity contribution in [3.8, 4) is 5.75 Å². The summed E-state index contributed by atoms with van der Waals surface area (Å²) in [5.74, 6) is 0.217. The molecule has 0 aromatic heterocycles. The first-order chi connectivity index (χ1) is 8.04. The summed E-state index contributed by atoms with van der Waals surface area (Å²) in [6.07, 6.45) is 0. The van der Waals surface area contributed by atoms with Crippen LogP contribution in [0.4, 0.5) is 10.1 Å². The molecule has 0 saturated carbocycles. The molecule has 0 radical (unpaired) electrons. The largest absolute Gasteiger partial charge is 0.493 e. The minimum atomic E-state index is -0.341. The second-order valence-electron chi connectivity index (χ2n) is 4.44. The number of nitrogens with two attached hydrogens (primary N) is 1. The lowest BCUT2D eigenvalue weighted by molar-refractivity contribution is 0.391. The molecule has 2 aromatic carbocycles. The van der Waals surface area contributed by atoms with Crippen LogP contribution >= 0.6 is 0 Å². The fourth-order valence-corrected chi connectivity index (χ4v) is 2.12. The van der Waals surface area contributed by atoms with Crippen molar-refractivity contribution in [3.05, 3.63) is 35.6 Å². The predicted molar refractivity (Wildman–Crippen MR) is 69.0 cm³/mol. The van der Waals surface area contributed by atoms with Gasteiger partial charge in [-0.05, 0) is 35.1 Å². The molecule has 0 aliphatic rings. The van der Waals surface area contributed by atoms with E-state index in [0.29, 0.717) is 11.4 Å². The van der Waals surface area contributed by atoms with E-state index in [9.17, 15) is 4.39 Å². The summed E-state index contributed by atoms with van der Waals surface area (Å²) >= 11 is 0. The normalized spacial score (nSPS) is 11.1. The molecule has 0 atom stereocenters. The Morgan fingerprint density at radius 2 is 1.94 bits per heavy atom. The van der Waals surface area contributed by atoms with Gasteiger partial charge >= 0.3 is 0 Å². The van der Waals surface area contributed by atoms with Crippen molar-refractivity contribution in [2.75, 3.05) is 12.8 Å². The third-order valence-electron chi connectivity index (χ3n) is 2.90. The Kier molecular flexibility index (Phi) is 2.92. The van der Waals surface area contributed by atoms with Crippen LogP contribution < -0.4 is 10.5 Å². The van der Waals surface area contributed by atoms with Gasteiger partial charge in [0, 0.05) is 11.1 Å². The number of benzene rings is 2. The van der Waals surface area contributed by atoms with E-state index in [1.807, 2.05) is 12.1 Å². The van der Waals surface area contributed by atoms with Crippen LogP contribution in [0.2, 0.25) is 0 Å². The van der Waals surface area contributed by atoms with E-state index < -0.39 is 0 Å².